The molecule has 23 heavy (non-hydrogen) atoms. The fourth-order valence-electron chi connectivity index (χ4n) is 2.83. The molecule has 0 radical (unpaired) electrons. The van der Waals surface area contributed by atoms with Gasteiger partial charge >= 0.3 is 0 Å². The summed E-state index contributed by atoms with van der Waals surface area (Å²) in [6.45, 7) is 12.8. The Hall–Kier alpha value is -1.73. The van der Waals surface area contributed by atoms with Crippen LogP contribution in [0.15, 0.2) is 18.7 Å². The van der Waals surface area contributed by atoms with Gasteiger partial charge in [0.25, 0.3) is 0 Å². The van der Waals surface area contributed by atoms with Crippen LogP contribution in [0.25, 0.3) is 0 Å². The summed E-state index contributed by atoms with van der Waals surface area (Å²) in [5.74, 6) is 0.919. The molecule has 1 saturated heterocycles. The minimum Gasteiger partial charge on any atom is -0.368 e. The number of morpholine rings is 1. The highest BCUT2D eigenvalue weighted by Crippen LogP contribution is 2.22. The molecule has 3 heterocycles. The molecule has 2 aromatic rings. The van der Waals surface area contributed by atoms with Crippen LogP contribution < -0.4 is 0 Å². The molecule has 0 bridgehead atoms. The van der Waals surface area contributed by atoms with Gasteiger partial charge in [0.2, 0.25) is 0 Å². The van der Waals surface area contributed by atoms with E-state index in [4.69, 9.17) is 4.74 Å². The van der Waals surface area contributed by atoms with Crippen LogP contribution in [0.4, 0.5) is 0 Å². The number of hydrogen-bond donors (Lipinski definition) is 0. The monoisotopic (exact) mass is 318 g/mol. The van der Waals surface area contributed by atoms with E-state index < -0.39 is 0 Å². The van der Waals surface area contributed by atoms with Crippen molar-refractivity contribution in [1.29, 1.82) is 0 Å². The first-order valence-corrected chi connectivity index (χ1v) is 8.23. The van der Waals surface area contributed by atoms with Crippen LogP contribution in [0.1, 0.15) is 45.2 Å². The molecule has 0 aromatic carbocycles. The number of ether oxygens (including phenoxy) is 1. The van der Waals surface area contributed by atoms with Gasteiger partial charge in [-0.25, -0.2) is 0 Å². The topological polar surface area (TPSA) is 61.0 Å². The minimum atomic E-state index is -0.0103. The summed E-state index contributed by atoms with van der Waals surface area (Å²) in [6, 6.07) is 0. The summed E-state index contributed by atoms with van der Waals surface area (Å²) in [5.41, 5.74) is 1.25. The zero-order valence-electron chi connectivity index (χ0n) is 14.4. The first kappa shape index (κ1) is 16.1. The van der Waals surface area contributed by atoms with Gasteiger partial charge in [-0.2, -0.15) is 5.10 Å². The fourth-order valence-corrected chi connectivity index (χ4v) is 2.83. The summed E-state index contributed by atoms with van der Waals surface area (Å²) in [6.07, 6.45) is 5.86. The summed E-state index contributed by atoms with van der Waals surface area (Å²) in [5, 5.41) is 12.7. The lowest BCUT2D eigenvalue weighted by molar-refractivity contribution is -0.0388. The molecule has 7 nitrogen and oxygen atoms in total. The van der Waals surface area contributed by atoms with Gasteiger partial charge in [0.15, 0.2) is 5.82 Å². The van der Waals surface area contributed by atoms with Crippen molar-refractivity contribution in [3.05, 3.63) is 30.1 Å². The van der Waals surface area contributed by atoms with Crippen LogP contribution in [0.5, 0.6) is 0 Å². The highest BCUT2D eigenvalue weighted by Gasteiger charge is 2.26. The summed E-state index contributed by atoms with van der Waals surface area (Å²) in [7, 11) is 0. The average Bonchev–Trinajstić information content (AvgIpc) is 3.15. The quantitative estimate of drug-likeness (QED) is 0.860. The third kappa shape index (κ3) is 3.61. The van der Waals surface area contributed by atoms with Gasteiger partial charge in [-0.05, 0) is 27.7 Å². The molecule has 0 saturated carbocycles. The molecule has 7 heteroatoms. The molecule has 1 atom stereocenters. The maximum absolute atomic E-state index is 5.91. The summed E-state index contributed by atoms with van der Waals surface area (Å²) in [4.78, 5) is 2.40. The van der Waals surface area contributed by atoms with Crippen molar-refractivity contribution < 1.29 is 4.74 Å². The second kappa shape index (κ2) is 6.41. The maximum Gasteiger partial charge on any atom is 0.163 e. The smallest absolute Gasteiger partial charge is 0.163 e. The standard InChI is InChI=1S/C16H26N6O/c1-5-21-12-17-19-15(21)14-11-20(6-7-23-14)9-13-8-18-22(10-13)16(2,3)4/h8,10,12,14H,5-7,9,11H2,1-4H3. The van der Waals surface area contributed by atoms with Crippen molar-refractivity contribution >= 4 is 0 Å². The van der Waals surface area contributed by atoms with Crippen LogP contribution >= 0.6 is 0 Å². The van der Waals surface area contributed by atoms with E-state index in [0.29, 0.717) is 6.61 Å². The number of hydrogen-bond acceptors (Lipinski definition) is 5. The lowest BCUT2D eigenvalue weighted by atomic mass is 10.1. The van der Waals surface area contributed by atoms with Crippen LogP contribution in [-0.4, -0.2) is 49.1 Å². The Kier molecular flexibility index (Phi) is 4.50. The Morgan fingerprint density at radius 2 is 2.17 bits per heavy atom. The van der Waals surface area contributed by atoms with Crippen LogP contribution in [0.2, 0.25) is 0 Å². The molecular weight excluding hydrogens is 292 g/mol. The van der Waals surface area contributed by atoms with Crippen molar-refractivity contribution in [2.45, 2.75) is 52.4 Å². The van der Waals surface area contributed by atoms with E-state index in [0.717, 1.165) is 32.0 Å². The molecule has 1 fully saturated rings. The lowest BCUT2D eigenvalue weighted by Crippen LogP contribution is -2.38. The molecule has 1 unspecified atom stereocenters. The third-order valence-corrected chi connectivity index (χ3v) is 4.15. The fraction of sp³-hybridized carbons (Fsp3) is 0.688. The van der Waals surface area contributed by atoms with Gasteiger partial charge < -0.3 is 9.30 Å². The van der Waals surface area contributed by atoms with Gasteiger partial charge in [-0.1, -0.05) is 0 Å². The molecule has 3 rings (SSSR count). The van der Waals surface area contributed by atoms with Crippen molar-refractivity contribution in [3.63, 3.8) is 0 Å². The molecular formula is C16H26N6O. The highest BCUT2D eigenvalue weighted by atomic mass is 16.5. The molecule has 0 spiro atoms. The van der Waals surface area contributed by atoms with Gasteiger partial charge in [0, 0.05) is 37.9 Å². The first-order valence-electron chi connectivity index (χ1n) is 8.23. The number of nitrogens with zero attached hydrogens (tertiary/aromatic N) is 6. The van der Waals surface area contributed by atoms with E-state index in [2.05, 4.69) is 54.1 Å². The first-order chi connectivity index (χ1) is 11.0. The van der Waals surface area contributed by atoms with E-state index in [-0.39, 0.29) is 11.6 Å². The van der Waals surface area contributed by atoms with Gasteiger partial charge in [-0.15, -0.1) is 10.2 Å². The van der Waals surface area contributed by atoms with Crippen molar-refractivity contribution in [2.75, 3.05) is 19.7 Å². The normalized spacial score (nSPS) is 20.1. The molecule has 0 aliphatic carbocycles. The predicted octanol–water partition coefficient (Wildman–Crippen LogP) is 1.82. The predicted molar refractivity (Wildman–Crippen MR) is 86.9 cm³/mol. The van der Waals surface area contributed by atoms with E-state index in [1.54, 1.807) is 6.33 Å². The lowest BCUT2D eigenvalue weighted by Gasteiger charge is -2.32. The van der Waals surface area contributed by atoms with E-state index in [1.807, 2.05) is 15.4 Å². The second-order valence-electron chi connectivity index (χ2n) is 7.03. The van der Waals surface area contributed by atoms with Crippen molar-refractivity contribution in [3.8, 4) is 0 Å². The number of rotatable bonds is 4. The Morgan fingerprint density at radius 3 is 2.87 bits per heavy atom. The van der Waals surface area contributed by atoms with Gasteiger partial charge in [0.05, 0.1) is 18.3 Å². The highest BCUT2D eigenvalue weighted by molar-refractivity contribution is 5.06. The average molecular weight is 318 g/mol. The number of aryl methyl sites for hydroxylation is 1. The Morgan fingerprint density at radius 1 is 1.35 bits per heavy atom. The Labute approximate surface area is 137 Å². The molecule has 1 aliphatic rings. The summed E-state index contributed by atoms with van der Waals surface area (Å²) >= 11 is 0. The second-order valence-corrected chi connectivity index (χ2v) is 7.03. The molecule has 0 N–H and O–H groups in total. The van der Waals surface area contributed by atoms with Crippen LogP contribution in [-0.2, 0) is 23.4 Å². The van der Waals surface area contributed by atoms with Crippen LogP contribution in [0, 0.1) is 0 Å². The Bertz CT molecular complexity index is 641. The largest absolute Gasteiger partial charge is 0.368 e. The summed E-state index contributed by atoms with van der Waals surface area (Å²) < 4.78 is 9.98. The molecule has 1 aliphatic heterocycles. The van der Waals surface area contributed by atoms with Gasteiger partial charge in [0.1, 0.15) is 12.4 Å². The SMILES string of the molecule is CCn1cnnc1C1CN(Cc2cnn(C(C)(C)C)c2)CCO1. The zero-order valence-corrected chi connectivity index (χ0v) is 14.4. The zero-order chi connectivity index (χ0) is 16.4. The Balaban J connectivity index is 1.66. The number of aromatic nitrogens is 5. The van der Waals surface area contributed by atoms with E-state index in [1.165, 1.54) is 5.56 Å². The molecule has 0 amide bonds. The maximum atomic E-state index is 5.91. The van der Waals surface area contributed by atoms with E-state index >= 15 is 0 Å². The minimum absolute atomic E-state index is 0.0103. The van der Waals surface area contributed by atoms with E-state index in [9.17, 15) is 0 Å². The molecule has 2 aromatic heterocycles. The van der Waals surface area contributed by atoms with Crippen molar-refractivity contribution in [1.82, 2.24) is 29.4 Å². The van der Waals surface area contributed by atoms with Crippen molar-refractivity contribution in [2.24, 2.45) is 0 Å². The third-order valence-electron chi connectivity index (χ3n) is 4.15. The van der Waals surface area contributed by atoms with Gasteiger partial charge in [-0.3, -0.25) is 9.58 Å². The molecule has 126 valence electrons. The van der Waals surface area contributed by atoms with Crippen LogP contribution in [0.3, 0.4) is 0 Å².